The van der Waals surface area contributed by atoms with E-state index in [1.807, 2.05) is 0 Å². The van der Waals surface area contributed by atoms with Gasteiger partial charge in [0.25, 0.3) is 0 Å². The van der Waals surface area contributed by atoms with Crippen LogP contribution in [0.5, 0.6) is 0 Å². The molecule has 1 N–H and O–H groups in total. The fourth-order valence-electron chi connectivity index (χ4n) is 3.19. The maximum atomic E-state index is 11.8. The molecule has 1 aromatic rings. The van der Waals surface area contributed by atoms with Crippen molar-refractivity contribution in [3.05, 3.63) is 35.4 Å². The summed E-state index contributed by atoms with van der Waals surface area (Å²) in [5.41, 5.74) is 2.66. The summed E-state index contributed by atoms with van der Waals surface area (Å²) < 4.78 is 23.5. The SMILES string of the molecule is CCCNCC(Cc1ccccc1C)C1CCS(=O)(=O)C1. The van der Waals surface area contributed by atoms with E-state index in [1.54, 1.807) is 0 Å². The van der Waals surface area contributed by atoms with Gasteiger partial charge in [0.2, 0.25) is 0 Å². The Hall–Kier alpha value is -0.870. The van der Waals surface area contributed by atoms with Gasteiger partial charge in [-0.25, -0.2) is 8.42 Å². The van der Waals surface area contributed by atoms with Gasteiger partial charge in [-0.05, 0) is 62.2 Å². The zero-order chi connectivity index (χ0) is 15.3. The Morgan fingerprint density at radius 3 is 2.71 bits per heavy atom. The van der Waals surface area contributed by atoms with Crippen molar-refractivity contribution < 1.29 is 8.42 Å². The van der Waals surface area contributed by atoms with Crippen LogP contribution >= 0.6 is 0 Å². The molecule has 1 saturated heterocycles. The Labute approximate surface area is 129 Å². The molecule has 21 heavy (non-hydrogen) atoms. The first-order valence-corrected chi connectivity index (χ1v) is 9.79. The van der Waals surface area contributed by atoms with Crippen molar-refractivity contribution in [1.29, 1.82) is 0 Å². The number of rotatable bonds is 7. The molecule has 1 aliphatic heterocycles. The fraction of sp³-hybridized carbons (Fsp3) is 0.647. The quantitative estimate of drug-likeness (QED) is 0.788. The van der Waals surface area contributed by atoms with Gasteiger partial charge in [0.05, 0.1) is 11.5 Å². The minimum Gasteiger partial charge on any atom is -0.316 e. The highest BCUT2D eigenvalue weighted by molar-refractivity contribution is 7.91. The van der Waals surface area contributed by atoms with Gasteiger partial charge >= 0.3 is 0 Å². The predicted molar refractivity (Wildman–Crippen MR) is 88.3 cm³/mol. The van der Waals surface area contributed by atoms with Crippen molar-refractivity contribution in [1.82, 2.24) is 5.32 Å². The third-order valence-electron chi connectivity index (χ3n) is 4.51. The normalized spacial score (nSPS) is 22.3. The molecule has 1 aromatic carbocycles. The van der Waals surface area contributed by atoms with Crippen LogP contribution in [0.25, 0.3) is 0 Å². The molecule has 2 atom stereocenters. The maximum Gasteiger partial charge on any atom is 0.150 e. The molecule has 2 rings (SSSR count). The number of hydrogen-bond donors (Lipinski definition) is 1. The lowest BCUT2D eigenvalue weighted by atomic mass is 9.85. The summed E-state index contributed by atoms with van der Waals surface area (Å²) in [6.45, 7) is 6.22. The number of nitrogens with one attached hydrogen (secondary N) is 1. The second kappa shape index (κ2) is 7.41. The minimum atomic E-state index is -2.80. The lowest BCUT2D eigenvalue weighted by molar-refractivity contribution is 0.343. The average molecular weight is 309 g/mol. The van der Waals surface area contributed by atoms with E-state index in [1.165, 1.54) is 11.1 Å². The molecule has 0 aliphatic carbocycles. The summed E-state index contributed by atoms with van der Waals surface area (Å²) in [7, 11) is -2.80. The molecule has 0 aromatic heterocycles. The zero-order valence-corrected chi connectivity index (χ0v) is 14.0. The van der Waals surface area contributed by atoms with E-state index in [0.717, 1.165) is 32.4 Å². The third kappa shape index (κ3) is 4.82. The molecule has 4 heteroatoms. The zero-order valence-electron chi connectivity index (χ0n) is 13.1. The lowest BCUT2D eigenvalue weighted by Crippen LogP contribution is -2.31. The fourth-order valence-corrected chi connectivity index (χ4v) is 5.11. The first kappa shape index (κ1) is 16.5. The summed E-state index contributed by atoms with van der Waals surface area (Å²) in [5, 5.41) is 3.48. The van der Waals surface area contributed by atoms with Crippen molar-refractivity contribution in [3.63, 3.8) is 0 Å². The summed E-state index contributed by atoms with van der Waals surface area (Å²) in [5.74, 6) is 1.46. The first-order valence-electron chi connectivity index (χ1n) is 7.97. The maximum absolute atomic E-state index is 11.8. The average Bonchev–Trinajstić information content (AvgIpc) is 2.80. The van der Waals surface area contributed by atoms with Crippen LogP contribution < -0.4 is 5.32 Å². The van der Waals surface area contributed by atoms with Crippen molar-refractivity contribution in [3.8, 4) is 0 Å². The molecule has 1 fully saturated rings. The van der Waals surface area contributed by atoms with Crippen molar-refractivity contribution in [2.45, 2.75) is 33.1 Å². The van der Waals surface area contributed by atoms with E-state index in [0.29, 0.717) is 23.3 Å². The van der Waals surface area contributed by atoms with Crippen LogP contribution in [0.4, 0.5) is 0 Å². The minimum absolute atomic E-state index is 0.305. The Bertz CT molecular complexity index is 554. The smallest absolute Gasteiger partial charge is 0.150 e. The van der Waals surface area contributed by atoms with Crippen LogP contribution in [-0.2, 0) is 16.3 Å². The molecule has 1 heterocycles. The summed E-state index contributed by atoms with van der Waals surface area (Å²) in [6.07, 6.45) is 2.91. The molecule has 118 valence electrons. The molecule has 3 nitrogen and oxygen atoms in total. The second-order valence-electron chi connectivity index (χ2n) is 6.26. The van der Waals surface area contributed by atoms with Crippen LogP contribution in [0, 0.1) is 18.8 Å². The van der Waals surface area contributed by atoms with Gasteiger partial charge < -0.3 is 5.32 Å². The molecule has 0 amide bonds. The van der Waals surface area contributed by atoms with Crippen LogP contribution in [0.3, 0.4) is 0 Å². The monoisotopic (exact) mass is 309 g/mol. The van der Waals surface area contributed by atoms with Crippen LogP contribution in [0.15, 0.2) is 24.3 Å². The highest BCUT2D eigenvalue weighted by atomic mass is 32.2. The molecular weight excluding hydrogens is 282 g/mol. The number of sulfone groups is 1. The molecule has 2 unspecified atom stereocenters. The highest BCUT2D eigenvalue weighted by Crippen LogP contribution is 2.29. The van der Waals surface area contributed by atoms with E-state index >= 15 is 0 Å². The Morgan fingerprint density at radius 1 is 1.33 bits per heavy atom. The Balaban J connectivity index is 2.07. The summed E-state index contributed by atoms with van der Waals surface area (Å²) >= 11 is 0. The lowest BCUT2D eigenvalue weighted by Gasteiger charge is -2.24. The highest BCUT2D eigenvalue weighted by Gasteiger charge is 2.33. The second-order valence-corrected chi connectivity index (χ2v) is 8.49. The largest absolute Gasteiger partial charge is 0.316 e. The number of hydrogen-bond acceptors (Lipinski definition) is 3. The van der Waals surface area contributed by atoms with Gasteiger partial charge in [-0.2, -0.15) is 0 Å². The summed E-state index contributed by atoms with van der Waals surface area (Å²) in [4.78, 5) is 0. The molecule has 1 aliphatic rings. The van der Waals surface area contributed by atoms with Crippen molar-refractivity contribution in [2.75, 3.05) is 24.6 Å². The molecule has 0 saturated carbocycles. The molecular formula is C17H27NO2S. The van der Waals surface area contributed by atoms with Crippen molar-refractivity contribution in [2.24, 2.45) is 11.8 Å². The van der Waals surface area contributed by atoms with E-state index in [2.05, 4.69) is 43.4 Å². The first-order chi connectivity index (χ1) is 10.0. The van der Waals surface area contributed by atoms with Gasteiger partial charge in [-0.15, -0.1) is 0 Å². The Morgan fingerprint density at radius 2 is 2.10 bits per heavy atom. The van der Waals surface area contributed by atoms with Crippen molar-refractivity contribution >= 4 is 9.84 Å². The third-order valence-corrected chi connectivity index (χ3v) is 6.30. The predicted octanol–water partition coefficient (Wildman–Crippen LogP) is 2.59. The van der Waals surface area contributed by atoms with Gasteiger partial charge in [0, 0.05) is 0 Å². The van der Waals surface area contributed by atoms with E-state index in [4.69, 9.17) is 0 Å². The molecule has 0 spiro atoms. The van der Waals surface area contributed by atoms with E-state index < -0.39 is 9.84 Å². The molecule has 0 radical (unpaired) electrons. The van der Waals surface area contributed by atoms with Crippen LogP contribution in [-0.4, -0.2) is 33.0 Å². The van der Waals surface area contributed by atoms with Gasteiger partial charge in [-0.3, -0.25) is 0 Å². The van der Waals surface area contributed by atoms with Gasteiger partial charge in [0.1, 0.15) is 0 Å². The standard InChI is InChI=1S/C17H27NO2S/c1-3-9-18-12-17(16-8-10-21(19,20)13-16)11-15-7-5-4-6-14(15)2/h4-7,16-18H,3,8-13H2,1-2H3. The van der Waals surface area contributed by atoms with Crippen LogP contribution in [0.2, 0.25) is 0 Å². The molecule has 0 bridgehead atoms. The van der Waals surface area contributed by atoms with Crippen LogP contribution in [0.1, 0.15) is 30.9 Å². The van der Waals surface area contributed by atoms with Gasteiger partial charge in [-0.1, -0.05) is 31.2 Å². The summed E-state index contributed by atoms with van der Waals surface area (Å²) in [6, 6.07) is 8.44. The number of aryl methyl sites for hydroxylation is 1. The van der Waals surface area contributed by atoms with E-state index in [-0.39, 0.29) is 0 Å². The van der Waals surface area contributed by atoms with E-state index in [9.17, 15) is 8.42 Å². The van der Waals surface area contributed by atoms with Gasteiger partial charge in [0.15, 0.2) is 9.84 Å². The topological polar surface area (TPSA) is 46.2 Å². The number of benzene rings is 1. The Kier molecular flexibility index (Phi) is 5.82.